The lowest BCUT2D eigenvalue weighted by Crippen LogP contribution is -2.49. The fourth-order valence-corrected chi connectivity index (χ4v) is 2.64. The van der Waals surface area contributed by atoms with Gasteiger partial charge in [-0.25, -0.2) is 4.79 Å². The summed E-state index contributed by atoms with van der Waals surface area (Å²) in [6, 6.07) is -0.587. The molecule has 2 rings (SSSR count). The lowest BCUT2D eigenvalue weighted by molar-refractivity contribution is -0.226. The van der Waals surface area contributed by atoms with Crippen LogP contribution in [0.4, 0.5) is 18.0 Å². The molecule has 1 saturated carbocycles. The van der Waals surface area contributed by atoms with E-state index in [0.717, 1.165) is 17.7 Å². The Morgan fingerprint density at radius 1 is 1.45 bits per heavy atom. The second-order valence-corrected chi connectivity index (χ2v) is 5.52. The molecule has 2 fully saturated rings. The van der Waals surface area contributed by atoms with Crippen molar-refractivity contribution < 1.29 is 27.9 Å². The molecule has 1 saturated heterocycles. The van der Waals surface area contributed by atoms with Crippen LogP contribution in [0.25, 0.3) is 0 Å². The van der Waals surface area contributed by atoms with E-state index in [1.807, 2.05) is 6.92 Å². The van der Waals surface area contributed by atoms with Gasteiger partial charge in [-0.1, -0.05) is 13.3 Å². The summed E-state index contributed by atoms with van der Waals surface area (Å²) in [5.74, 6) is -1.54. The third kappa shape index (κ3) is 2.43. The molecule has 3 unspecified atom stereocenters. The predicted molar refractivity (Wildman–Crippen MR) is 63.0 cm³/mol. The number of carbonyl (C=O) groups excluding carboxylic acids is 1. The smallest absolute Gasteiger partial charge is 0.406 e. The minimum absolute atomic E-state index is 0.0122. The number of aliphatic carboxylic acids is 1. The van der Waals surface area contributed by atoms with Gasteiger partial charge in [0.05, 0.1) is 0 Å². The number of hydrogen-bond acceptors (Lipinski definition) is 2. The maximum atomic E-state index is 13.0. The van der Waals surface area contributed by atoms with Gasteiger partial charge < -0.3 is 15.3 Å². The molecule has 0 aromatic heterocycles. The maximum absolute atomic E-state index is 13.0. The zero-order chi connectivity index (χ0) is 15.1. The van der Waals surface area contributed by atoms with E-state index >= 15 is 0 Å². The fourth-order valence-electron chi connectivity index (χ4n) is 2.64. The molecule has 114 valence electrons. The second kappa shape index (κ2) is 4.82. The maximum Gasteiger partial charge on any atom is 0.406 e. The normalized spacial score (nSPS) is 33.1. The number of nitrogens with one attached hydrogen (secondary N) is 1. The molecular formula is C12H17F3N2O3. The number of amides is 2. The summed E-state index contributed by atoms with van der Waals surface area (Å²) in [4.78, 5) is 23.8. The van der Waals surface area contributed by atoms with Crippen molar-refractivity contribution in [2.45, 2.75) is 38.4 Å². The molecule has 8 heteroatoms. The van der Waals surface area contributed by atoms with E-state index in [0.29, 0.717) is 5.92 Å². The zero-order valence-corrected chi connectivity index (χ0v) is 11.0. The van der Waals surface area contributed by atoms with Gasteiger partial charge in [0.1, 0.15) is 0 Å². The number of nitrogens with zero attached hydrogens (tertiary/aromatic N) is 1. The molecule has 3 atom stereocenters. The largest absolute Gasteiger partial charge is 0.481 e. The van der Waals surface area contributed by atoms with E-state index in [2.05, 4.69) is 5.32 Å². The lowest BCUT2D eigenvalue weighted by atomic mass is 9.86. The minimum atomic E-state index is -4.86. The average molecular weight is 294 g/mol. The summed E-state index contributed by atoms with van der Waals surface area (Å²) in [5.41, 5.74) is -2.84. The van der Waals surface area contributed by atoms with Crippen molar-refractivity contribution in [1.82, 2.24) is 10.2 Å². The van der Waals surface area contributed by atoms with Gasteiger partial charge in [0, 0.05) is 19.1 Å². The second-order valence-electron chi connectivity index (χ2n) is 5.52. The molecule has 0 bridgehead atoms. The van der Waals surface area contributed by atoms with Gasteiger partial charge in [-0.2, -0.15) is 13.2 Å². The van der Waals surface area contributed by atoms with E-state index < -0.39 is 36.6 Å². The van der Waals surface area contributed by atoms with Gasteiger partial charge in [-0.15, -0.1) is 0 Å². The molecule has 2 aliphatic rings. The summed E-state index contributed by atoms with van der Waals surface area (Å²) in [5, 5.41) is 11.5. The SMILES string of the molecule is CCC1CC1NC(=O)N1CCC(C(=O)O)(C(F)(F)F)C1. The standard InChI is InChI=1S/C12H17F3N2O3/c1-2-7-5-8(7)16-10(20)17-4-3-11(6-17,9(18)19)12(13,14)15/h7-8H,2-6H2,1H3,(H,16,20)(H,18,19). The van der Waals surface area contributed by atoms with Gasteiger partial charge in [0.15, 0.2) is 5.41 Å². The number of carboxylic acids is 1. The highest BCUT2D eigenvalue weighted by Crippen LogP contribution is 2.45. The highest BCUT2D eigenvalue weighted by atomic mass is 19.4. The molecule has 0 aromatic carbocycles. The quantitative estimate of drug-likeness (QED) is 0.834. The summed E-state index contributed by atoms with van der Waals surface area (Å²) in [6.45, 7) is 0.966. The summed E-state index contributed by atoms with van der Waals surface area (Å²) < 4.78 is 38.9. The van der Waals surface area contributed by atoms with E-state index in [4.69, 9.17) is 5.11 Å². The highest BCUT2D eigenvalue weighted by molar-refractivity contribution is 5.80. The van der Waals surface area contributed by atoms with Crippen molar-refractivity contribution in [3.63, 3.8) is 0 Å². The van der Waals surface area contributed by atoms with E-state index in [-0.39, 0.29) is 12.6 Å². The van der Waals surface area contributed by atoms with E-state index in [1.54, 1.807) is 0 Å². The first-order valence-electron chi connectivity index (χ1n) is 6.57. The van der Waals surface area contributed by atoms with Crippen molar-refractivity contribution in [1.29, 1.82) is 0 Å². The van der Waals surface area contributed by atoms with Gasteiger partial charge in [-0.3, -0.25) is 4.79 Å². The number of carbonyl (C=O) groups is 2. The molecular weight excluding hydrogens is 277 g/mol. The predicted octanol–water partition coefficient (Wildman–Crippen LogP) is 1.83. The Kier molecular flexibility index (Phi) is 3.60. The Morgan fingerprint density at radius 3 is 2.50 bits per heavy atom. The minimum Gasteiger partial charge on any atom is -0.481 e. The van der Waals surface area contributed by atoms with Crippen LogP contribution in [-0.2, 0) is 4.79 Å². The van der Waals surface area contributed by atoms with Crippen LogP contribution in [-0.4, -0.2) is 47.3 Å². The topological polar surface area (TPSA) is 69.6 Å². The molecule has 5 nitrogen and oxygen atoms in total. The Balaban J connectivity index is 2.00. The third-order valence-electron chi connectivity index (χ3n) is 4.26. The molecule has 2 amide bonds. The van der Waals surface area contributed by atoms with Crippen LogP contribution >= 0.6 is 0 Å². The van der Waals surface area contributed by atoms with Crippen LogP contribution in [0.5, 0.6) is 0 Å². The number of rotatable bonds is 3. The first kappa shape index (κ1) is 14.9. The zero-order valence-electron chi connectivity index (χ0n) is 11.0. The monoisotopic (exact) mass is 294 g/mol. The van der Waals surface area contributed by atoms with Crippen molar-refractivity contribution in [2.75, 3.05) is 13.1 Å². The third-order valence-corrected chi connectivity index (χ3v) is 4.26. The van der Waals surface area contributed by atoms with E-state index in [9.17, 15) is 22.8 Å². The van der Waals surface area contributed by atoms with Crippen molar-refractivity contribution in [3.8, 4) is 0 Å². The molecule has 1 aliphatic carbocycles. The van der Waals surface area contributed by atoms with Crippen molar-refractivity contribution in [2.24, 2.45) is 11.3 Å². The van der Waals surface area contributed by atoms with Gasteiger partial charge >= 0.3 is 18.2 Å². The highest BCUT2D eigenvalue weighted by Gasteiger charge is 2.64. The van der Waals surface area contributed by atoms with Crippen LogP contribution < -0.4 is 5.32 Å². The van der Waals surface area contributed by atoms with Crippen molar-refractivity contribution >= 4 is 12.0 Å². The van der Waals surface area contributed by atoms with Gasteiger partial charge in [0.25, 0.3) is 0 Å². The van der Waals surface area contributed by atoms with Crippen molar-refractivity contribution in [3.05, 3.63) is 0 Å². The summed E-state index contributed by atoms with van der Waals surface area (Å²) >= 11 is 0. The number of hydrogen-bond donors (Lipinski definition) is 2. The van der Waals surface area contributed by atoms with Gasteiger partial charge in [0.2, 0.25) is 0 Å². The molecule has 1 heterocycles. The molecule has 0 aromatic rings. The lowest BCUT2D eigenvalue weighted by Gasteiger charge is -2.27. The fraction of sp³-hybridized carbons (Fsp3) is 0.833. The summed E-state index contributed by atoms with van der Waals surface area (Å²) in [7, 11) is 0. The number of likely N-dealkylation sites (tertiary alicyclic amines) is 1. The molecule has 2 N–H and O–H groups in total. The average Bonchev–Trinajstić information content (AvgIpc) is 2.90. The Hall–Kier alpha value is -1.47. The van der Waals surface area contributed by atoms with Crippen LogP contribution in [0.2, 0.25) is 0 Å². The van der Waals surface area contributed by atoms with Crippen LogP contribution in [0.15, 0.2) is 0 Å². The molecule has 20 heavy (non-hydrogen) atoms. The molecule has 0 spiro atoms. The Morgan fingerprint density at radius 2 is 2.10 bits per heavy atom. The summed E-state index contributed by atoms with van der Waals surface area (Å²) in [6.07, 6.45) is -3.72. The van der Waals surface area contributed by atoms with Crippen LogP contribution in [0.1, 0.15) is 26.2 Å². The van der Waals surface area contributed by atoms with Crippen LogP contribution in [0.3, 0.4) is 0 Å². The Labute approximate surface area is 114 Å². The first-order chi connectivity index (χ1) is 9.21. The van der Waals surface area contributed by atoms with Gasteiger partial charge in [-0.05, 0) is 18.8 Å². The number of halogens is 3. The van der Waals surface area contributed by atoms with E-state index in [1.165, 1.54) is 0 Å². The van der Waals surface area contributed by atoms with Crippen LogP contribution in [0, 0.1) is 11.3 Å². The number of urea groups is 1. The molecule has 0 radical (unpaired) electrons. The Bertz CT molecular complexity index is 427. The number of carboxylic acid groups (broad SMARTS) is 1. The number of alkyl halides is 3. The molecule has 1 aliphatic heterocycles. The first-order valence-corrected chi connectivity index (χ1v) is 6.57.